The molecule has 0 bridgehead atoms. The lowest BCUT2D eigenvalue weighted by molar-refractivity contribution is 0.241. The van der Waals surface area contributed by atoms with Gasteiger partial charge in [0, 0.05) is 11.3 Å². The first-order valence-corrected chi connectivity index (χ1v) is 7.99. The van der Waals surface area contributed by atoms with Gasteiger partial charge in [-0.3, -0.25) is 9.78 Å². The molecule has 0 atom stereocenters. The van der Waals surface area contributed by atoms with Crippen LogP contribution in [0.2, 0.25) is 0 Å². The fourth-order valence-electron chi connectivity index (χ4n) is 1.81. The van der Waals surface area contributed by atoms with Crippen molar-refractivity contribution in [3.8, 4) is 5.75 Å². The van der Waals surface area contributed by atoms with Crippen LogP contribution < -0.4 is 15.7 Å². The Hall–Kier alpha value is -2.15. The Morgan fingerprint density at radius 1 is 1.39 bits per heavy atom. The summed E-state index contributed by atoms with van der Waals surface area (Å²) in [7, 11) is 0. The molecule has 1 aromatic heterocycles. The van der Waals surface area contributed by atoms with Crippen molar-refractivity contribution in [2.45, 2.75) is 33.8 Å². The second-order valence-corrected chi connectivity index (χ2v) is 6.21. The zero-order chi connectivity index (χ0) is 17.0. The van der Waals surface area contributed by atoms with E-state index in [0.29, 0.717) is 17.2 Å². The van der Waals surface area contributed by atoms with Crippen molar-refractivity contribution in [2.24, 2.45) is 5.10 Å². The van der Waals surface area contributed by atoms with E-state index in [1.165, 1.54) is 0 Å². The Labute approximate surface area is 143 Å². The standard InChI is InChI=1S/C16H19BrN4O2/c1-9(2)23-14-6-5-12(7-13(14)17)8-18-21-16-19-11(4)10(3)15(22)20-16/h5-9H,1-4H3,(H2,19,20,21,22)/b18-8-. The van der Waals surface area contributed by atoms with Crippen molar-refractivity contribution < 1.29 is 4.74 Å². The van der Waals surface area contributed by atoms with Gasteiger partial charge in [-0.25, -0.2) is 10.4 Å². The Bertz CT molecular complexity index is 784. The third kappa shape index (κ3) is 4.66. The van der Waals surface area contributed by atoms with Gasteiger partial charge in [-0.2, -0.15) is 5.10 Å². The number of ether oxygens (including phenoxy) is 1. The highest BCUT2D eigenvalue weighted by Crippen LogP contribution is 2.26. The van der Waals surface area contributed by atoms with Gasteiger partial charge in [0.05, 0.1) is 16.8 Å². The van der Waals surface area contributed by atoms with Crippen molar-refractivity contribution in [3.05, 3.63) is 49.8 Å². The summed E-state index contributed by atoms with van der Waals surface area (Å²) in [4.78, 5) is 18.5. The molecule has 122 valence electrons. The summed E-state index contributed by atoms with van der Waals surface area (Å²) in [6, 6.07) is 5.67. The maximum Gasteiger partial charge on any atom is 0.255 e. The highest BCUT2D eigenvalue weighted by atomic mass is 79.9. The minimum Gasteiger partial charge on any atom is -0.490 e. The summed E-state index contributed by atoms with van der Waals surface area (Å²) in [5.74, 6) is 1.10. The molecule has 0 saturated carbocycles. The Kier molecular flexibility index (Phi) is 5.54. The third-order valence-electron chi connectivity index (χ3n) is 3.10. The number of anilines is 1. The molecule has 0 spiro atoms. The maximum atomic E-state index is 11.7. The van der Waals surface area contributed by atoms with Crippen LogP contribution in [0, 0.1) is 13.8 Å². The zero-order valence-corrected chi connectivity index (χ0v) is 15.1. The van der Waals surface area contributed by atoms with Crippen molar-refractivity contribution in [1.29, 1.82) is 0 Å². The lowest BCUT2D eigenvalue weighted by Crippen LogP contribution is -2.15. The SMILES string of the molecule is Cc1nc(N/N=C\c2ccc(OC(C)C)c(Br)c2)[nH]c(=O)c1C. The molecule has 0 amide bonds. The number of hydrazone groups is 1. The number of hydrogen-bond donors (Lipinski definition) is 2. The van der Waals surface area contributed by atoms with Gasteiger partial charge in [0.15, 0.2) is 0 Å². The van der Waals surface area contributed by atoms with Gasteiger partial charge in [0.2, 0.25) is 5.95 Å². The predicted octanol–water partition coefficient (Wildman–Crippen LogP) is 3.38. The summed E-state index contributed by atoms with van der Waals surface area (Å²) in [5, 5.41) is 4.09. The summed E-state index contributed by atoms with van der Waals surface area (Å²) in [5.41, 5.74) is 4.70. The Morgan fingerprint density at radius 3 is 2.74 bits per heavy atom. The second kappa shape index (κ2) is 7.41. The Balaban J connectivity index is 2.09. The number of nitrogens with one attached hydrogen (secondary N) is 2. The molecular weight excluding hydrogens is 360 g/mol. The molecule has 0 aliphatic carbocycles. The van der Waals surface area contributed by atoms with Crippen LogP contribution in [0.5, 0.6) is 5.75 Å². The number of benzene rings is 1. The van der Waals surface area contributed by atoms with E-state index in [1.54, 1.807) is 20.1 Å². The van der Waals surface area contributed by atoms with Crippen LogP contribution in [0.15, 0.2) is 32.6 Å². The molecule has 0 radical (unpaired) electrons. The first kappa shape index (κ1) is 17.2. The number of H-pyrrole nitrogens is 1. The molecule has 0 unspecified atom stereocenters. The molecule has 0 aliphatic rings. The van der Waals surface area contributed by atoms with Crippen molar-refractivity contribution >= 4 is 28.1 Å². The van der Waals surface area contributed by atoms with Gasteiger partial charge in [0.1, 0.15) is 5.75 Å². The van der Waals surface area contributed by atoms with E-state index in [2.05, 4.69) is 36.4 Å². The lowest BCUT2D eigenvalue weighted by Gasteiger charge is -2.11. The van der Waals surface area contributed by atoms with Crippen molar-refractivity contribution in [2.75, 3.05) is 5.43 Å². The Morgan fingerprint density at radius 2 is 2.13 bits per heavy atom. The predicted molar refractivity (Wildman–Crippen MR) is 95.5 cm³/mol. The molecule has 2 rings (SSSR count). The van der Waals surface area contributed by atoms with E-state index in [-0.39, 0.29) is 11.7 Å². The highest BCUT2D eigenvalue weighted by Gasteiger charge is 2.04. The first-order chi connectivity index (χ1) is 10.9. The van der Waals surface area contributed by atoms with E-state index in [9.17, 15) is 4.79 Å². The van der Waals surface area contributed by atoms with E-state index in [0.717, 1.165) is 15.8 Å². The molecule has 23 heavy (non-hydrogen) atoms. The maximum absolute atomic E-state index is 11.7. The summed E-state index contributed by atoms with van der Waals surface area (Å²) in [6.07, 6.45) is 1.75. The van der Waals surface area contributed by atoms with E-state index < -0.39 is 0 Å². The summed E-state index contributed by atoms with van der Waals surface area (Å²) >= 11 is 3.47. The molecule has 0 aliphatic heterocycles. The molecule has 6 nitrogen and oxygen atoms in total. The lowest BCUT2D eigenvalue weighted by atomic mass is 10.2. The van der Waals surface area contributed by atoms with Gasteiger partial charge in [-0.05, 0) is 67.4 Å². The monoisotopic (exact) mass is 378 g/mol. The number of rotatable bonds is 5. The fraction of sp³-hybridized carbons (Fsp3) is 0.312. The average Bonchev–Trinajstić information content (AvgIpc) is 2.47. The van der Waals surface area contributed by atoms with Gasteiger partial charge < -0.3 is 4.74 Å². The number of aryl methyl sites for hydroxylation is 1. The number of halogens is 1. The van der Waals surface area contributed by atoms with E-state index in [1.807, 2.05) is 32.0 Å². The van der Waals surface area contributed by atoms with Crippen molar-refractivity contribution in [1.82, 2.24) is 9.97 Å². The first-order valence-electron chi connectivity index (χ1n) is 7.19. The van der Waals surface area contributed by atoms with Gasteiger partial charge in [-0.15, -0.1) is 0 Å². The number of hydrogen-bond acceptors (Lipinski definition) is 5. The second-order valence-electron chi connectivity index (χ2n) is 5.35. The van der Waals surface area contributed by atoms with E-state index >= 15 is 0 Å². The molecular formula is C16H19BrN4O2. The van der Waals surface area contributed by atoms with Gasteiger partial charge in [0.25, 0.3) is 5.56 Å². The average molecular weight is 379 g/mol. The van der Waals surface area contributed by atoms with Crippen LogP contribution in [0.3, 0.4) is 0 Å². The van der Waals surface area contributed by atoms with Crippen LogP contribution >= 0.6 is 15.9 Å². The fourth-order valence-corrected chi connectivity index (χ4v) is 2.30. The molecule has 2 aromatic rings. The van der Waals surface area contributed by atoms with E-state index in [4.69, 9.17) is 4.74 Å². The number of nitrogens with zero attached hydrogens (tertiary/aromatic N) is 2. The molecule has 1 aromatic carbocycles. The smallest absolute Gasteiger partial charge is 0.255 e. The van der Waals surface area contributed by atoms with Crippen molar-refractivity contribution in [3.63, 3.8) is 0 Å². The third-order valence-corrected chi connectivity index (χ3v) is 3.72. The number of aromatic nitrogens is 2. The summed E-state index contributed by atoms with van der Waals surface area (Å²) < 4.78 is 6.51. The molecule has 1 heterocycles. The van der Waals surface area contributed by atoms with Gasteiger partial charge in [-0.1, -0.05) is 0 Å². The zero-order valence-electron chi connectivity index (χ0n) is 13.5. The molecule has 7 heteroatoms. The van der Waals surface area contributed by atoms with Gasteiger partial charge >= 0.3 is 0 Å². The molecule has 0 saturated heterocycles. The largest absolute Gasteiger partial charge is 0.490 e. The summed E-state index contributed by atoms with van der Waals surface area (Å²) in [6.45, 7) is 7.46. The highest BCUT2D eigenvalue weighted by molar-refractivity contribution is 9.10. The minimum atomic E-state index is -0.173. The quantitative estimate of drug-likeness (QED) is 0.617. The van der Waals surface area contributed by atoms with Crippen LogP contribution in [0.4, 0.5) is 5.95 Å². The van der Waals surface area contributed by atoms with Crippen LogP contribution in [0.25, 0.3) is 0 Å². The normalized spacial score (nSPS) is 11.2. The molecule has 2 N–H and O–H groups in total. The van der Waals surface area contributed by atoms with Crippen LogP contribution in [-0.4, -0.2) is 22.3 Å². The minimum absolute atomic E-state index is 0.111. The molecule has 0 fully saturated rings. The topological polar surface area (TPSA) is 79.4 Å². The number of aromatic amines is 1. The van der Waals surface area contributed by atoms with Crippen LogP contribution in [0.1, 0.15) is 30.7 Å². The van der Waals surface area contributed by atoms with Crippen LogP contribution in [-0.2, 0) is 0 Å².